The highest BCUT2D eigenvalue weighted by Crippen LogP contribution is 2.62. The third kappa shape index (κ3) is 5.10. The Balaban J connectivity index is 1.20. The number of nitrogen functional groups attached to an aromatic ring is 2. The lowest BCUT2D eigenvalue weighted by molar-refractivity contribution is -0.126. The summed E-state index contributed by atoms with van der Waals surface area (Å²) in [6.45, 7) is -9.30. The van der Waals surface area contributed by atoms with E-state index in [1.165, 1.54) is 34.4 Å². The van der Waals surface area contributed by atoms with Gasteiger partial charge in [0.15, 0.2) is 41.7 Å². The smallest absolute Gasteiger partial charge is 0.386 e. The van der Waals surface area contributed by atoms with Crippen LogP contribution in [-0.4, -0.2) is 92.7 Å². The second-order valence-electron chi connectivity index (χ2n) is 9.59. The van der Waals surface area contributed by atoms with Gasteiger partial charge in [-0.3, -0.25) is 27.2 Å². The minimum atomic E-state index is -4.46. The molecule has 230 valence electrons. The van der Waals surface area contributed by atoms with E-state index in [-0.39, 0.29) is 34.0 Å². The van der Waals surface area contributed by atoms with Crippen molar-refractivity contribution in [2.45, 2.75) is 49.3 Å². The monoisotopic (exact) mass is 676 g/mol. The Bertz CT molecular complexity index is 1810. The summed E-state index contributed by atoms with van der Waals surface area (Å²) in [5.74, 6) is 0.170. The van der Waals surface area contributed by atoms with Gasteiger partial charge in [-0.1, -0.05) is 24.5 Å². The maximum Gasteiger partial charge on any atom is 0.388 e. The number of imidazole rings is 2. The van der Waals surface area contributed by atoms with E-state index in [4.69, 9.17) is 39.0 Å². The molecule has 0 saturated carbocycles. The lowest BCUT2D eigenvalue weighted by Gasteiger charge is -2.25. The van der Waals surface area contributed by atoms with E-state index >= 15 is 0 Å². The van der Waals surface area contributed by atoms with Crippen LogP contribution in [0.4, 0.5) is 11.6 Å². The quantitative estimate of drug-likeness (QED) is 0.122. The number of aromatic nitrogens is 8. The van der Waals surface area contributed by atoms with Crippen molar-refractivity contribution in [3.8, 4) is 0 Å². The van der Waals surface area contributed by atoms with E-state index in [0.717, 1.165) is 0 Å². The molecule has 4 aromatic heterocycles. The number of aliphatic hydroxyl groups excluding tert-OH is 2. The van der Waals surface area contributed by atoms with Crippen molar-refractivity contribution in [1.82, 2.24) is 39.0 Å². The van der Waals surface area contributed by atoms with E-state index in [9.17, 15) is 19.3 Å². The Labute approximate surface area is 250 Å². The van der Waals surface area contributed by atoms with Crippen molar-refractivity contribution in [3.05, 3.63) is 25.3 Å². The Kier molecular flexibility index (Phi) is 7.19. The van der Waals surface area contributed by atoms with E-state index in [0.29, 0.717) is 0 Å². The van der Waals surface area contributed by atoms with Crippen LogP contribution in [-0.2, 0) is 36.7 Å². The maximum absolute atomic E-state index is 13.6. The van der Waals surface area contributed by atoms with Crippen LogP contribution in [0.1, 0.15) is 12.5 Å². The fourth-order valence-corrected chi connectivity index (χ4v) is 8.14. The topological polar surface area (TPSA) is 269 Å². The number of hydrogen-bond donors (Lipinski definition) is 6. The van der Waals surface area contributed by atoms with Gasteiger partial charge in [-0.25, -0.2) is 39.0 Å². The number of aliphatic hydroxyl groups is 2. The summed E-state index contributed by atoms with van der Waals surface area (Å²) >= 11 is 8.10. The molecule has 0 radical (unpaired) electrons. The zero-order valence-corrected chi connectivity index (χ0v) is 24.9. The van der Waals surface area contributed by atoms with Crippen LogP contribution in [0.3, 0.4) is 0 Å². The largest absolute Gasteiger partial charge is 0.388 e. The number of fused-ring (bicyclic) bond motifs is 4. The summed E-state index contributed by atoms with van der Waals surface area (Å²) in [5.41, 5.74) is 12.6. The standard InChI is InChI=1S/C19H22N10O10P2S2/c20-13-7-15(24-2-22-13)28(4-26-7)17-9(30)11-6(35-17)1-34-40(32,42)38-12-10(31)18(36-19(12)39-41(33,43)37-11)29-5-27-8-14(21)23-3-25-16(8)29/h2-6,9-12,17-19,30-31H,1H2,(H,32,42)(H,33,43)(H2,20,22,24)(H2,21,23,25)/t6-,9+,10?,11?,12-,17-,18-,19-,40-,41+/m1/s1. The summed E-state index contributed by atoms with van der Waals surface area (Å²) in [6.07, 6.45) is -6.62. The van der Waals surface area contributed by atoms with Crippen LogP contribution in [0.5, 0.6) is 0 Å². The molecule has 4 aromatic rings. The first-order valence-corrected chi connectivity index (χ1v) is 17.7. The number of nitrogens with zero attached hydrogens (tertiary/aromatic N) is 8. The highest BCUT2D eigenvalue weighted by atomic mass is 32.7. The number of rotatable bonds is 2. The van der Waals surface area contributed by atoms with Crippen molar-refractivity contribution in [3.63, 3.8) is 0 Å². The molecule has 7 heterocycles. The average molecular weight is 677 g/mol. The molecule has 0 bridgehead atoms. The van der Waals surface area contributed by atoms with Gasteiger partial charge in [-0.2, -0.15) is 0 Å². The van der Waals surface area contributed by atoms with E-state index < -0.39 is 69.5 Å². The molecule has 6 N–H and O–H groups in total. The molecule has 0 aliphatic carbocycles. The van der Waals surface area contributed by atoms with Crippen molar-refractivity contribution in [1.29, 1.82) is 0 Å². The van der Waals surface area contributed by atoms with E-state index in [1.54, 1.807) is 0 Å². The molecule has 3 saturated heterocycles. The van der Waals surface area contributed by atoms with Crippen molar-refractivity contribution in [2.75, 3.05) is 18.1 Å². The maximum atomic E-state index is 13.6. The van der Waals surface area contributed by atoms with Gasteiger partial charge < -0.3 is 31.2 Å². The summed E-state index contributed by atoms with van der Waals surface area (Å²) in [7, 11) is 0. The summed E-state index contributed by atoms with van der Waals surface area (Å²) in [4.78, 5) is 24.3. The van der Waals surface area contributed by atoms with Crippen LogP contribution < -0.4 is 11.5 Å². The normalized spacial score (nSPS) is 38.6. The Morgan fingerprint density at radius 3 is 1.91 bits per heavy atom. The third-order valence-corrected chi connectivity index (χ3v) is 10.1. The van der Waals surface area contributed by atoms with Gasteiger partial charge in [0.25, 0.3) is 0 Å². The number of anilines is 2. The molecule has 2 unspecified atom stereocenters. The molecule has 0 amide bonds. The minimum absolute atomic E-state index is 0.0744. The fourth-order valence-electron chi connectivity index (χ4n) is 5.03. The number of ether oxygens (including phenoxy) is 2. The van der Waals surface area contributed by atoms with Crippen LogP contribution in [0.2, 0.25) is 0 Å². The van der Waals surface area contributed by atoms with Crippen LogP contribution in [0, 0.1) is 0 Å². The van der Waals surface area contributed by atoms with Gasteiger partial charge in [0.2, 0.25) is 0 Å². The Hall–Kier alpha value is -2.46. The van der Waals surface area contributed by atoms with Crippen LogP contribution in [0.25, 0.3) is 22.3 Å². The molecule has 3 aliphatic rings. The van der Waals surface area contributed by atoms with Crippen LogP contribution >= 0.6 is 38.1 Å². The molecule has 7 rings (SSSR count). The molecule has 3 fully saturated rings. The van der Waals surface area contributed by atoms with Gasteiger partial charge >= 0.3 is 13.6 Å². The lowest BCUT2D eigenvalue weighted by Crippen LogP contribution is -2.36. The summed E-state index contributed by atoms with van der Waals surface area (Å²) in [6, 6.07) is 0. The van der Waals surface area contributed by atoms with Crippen molar-refractivity contribution < 1.29 is 46.9 Å². The van der Waals surface area contributed by atoms with Crippen LogP contribution in [0.15, 0.2) is 25.3 Å². The molecule has 0 spiro atoms. The number of hydrogen-bond acceptors (Lipinski definition) is 18. The Morgan fingerprint density at radius 1 is 0.767 bits per heavy atom. The molecule has 0 aromatic carbocycles. The van der Waals surface area contributed by atoms with E-state index in [2.05, 4.69) is 54.4 Å². The lowest BCUT2D eigenvalue weighted by atomic mass is 10.1. The predicted molar refractivity (Wildman–Crippen MR) is 149 cm³/mol. The van der Waals surface area contributed by atoms with Crippen molar-refractivity contribution >= 4 is 72.1 Å². The van der Waals surface area contributed by atoms with Gasteiger partial charge in [0.1, 0.15) is 54.2 Å². The fraction of sp³-hybridized carbons (Fsp3) is 0.474. The first-order valence-electron chi connectivity index (χ1n) is 12.3. The molecule has 43 heavy (non-hydrogen) atoms. The number of thiol groups is 2. The highest BCUT2D eigenvalue weighted by Gasteiger charge is 2.55. The second kappa shape index (κ2) is 10.6. The molecular formula is C19H22N10O10P2S2. The first kappa shape index (κ1) is 29.3. The zero-order chi connectivity index (χ0) is 30.3. The van der Waals surface area contributed by atoms with E-state index in [1.807, 2.05) is 0 Å². The van der Waals surface area contributed by atoms with Gasteiger partial charge in [-0.05, 0) is 0 Å². The Morgan fingerprint density at radius 2 is 1.30 bits per heavy atom. The molecular weight excluding hydrogens is 654 g/mol. The average Bonchev–Trinajstić information content (AvgIpc) is 3.70. The van der Waals surface area contributed by atoms with Gasteiger partial charge in [0.05, 0.1) is 19.3 Å². The summed E-state index contributed by atoms with van der Waals surface area (Å²) in [5, 5.41) is 22.4. The van der Waals surface area contributed by atoms with Gasteiger partial charge in [-0.15, -0.1) is 0 Å². The minimum Gasteiger partial charge on any atom is -0.386 e. The zero-order valence-electron chi connectivity index (χ0n) is 21.3. The molecule has 20 nitrogen and oxygen atoms in total. The molecule has 10 atom stereocenters. The predicted octanol–water partition coefficient (Wildman–Crippen LogP) is 0.198. The SMILES string of the molecule is Nc1ncnc2c1ncn2[C@@H]1O[C@@H]2O[P@@](=O)(S)OC3[C@@H](CO[P@@](=O)(S)O[C@@H]2C1O)O[C@@H](n1cnc2c(N)ncnc21)[C@H]3O. The number of nitrogens with two attached hydrogens (primary N) is 2. The highest BCUT2D eigenvalue weighted by molar-refractivity contribution is 8.44. The third-order valence-electron chi connectivity index (χ3n) is 6.95. The summed E-state index contributed by atoms with van der Waals surface area (Å²) < 4.78 is 63.6. The molecule has 24 heteroatoms. The van der Waals surface area contributed by atoms with Crippen molar-refractivity contribution in [2.24, 2.45) is 0 Å². The first-order chi connectivity index (χ1) is 20.4. The molecule has 3 aliphatic heterocycles. The van der Waals surface area contributed by atoms with Gasteiger partial charge in [0, 0.05) is 0 Å². The second-order valence-corrected chi connectivity index (χ2v) is 15.3.